The molecule has 0 saturated carbocycles. The monoisotopic (exact) mass is 312 g/mol. The Morgan fingerprint density at radius 1 is 1.61 bits per heavy atom. The van der Waals surface area contributed by atoms with Crippen molar-refractivity contribution in [2.24, 2.45) is 5.92 Å². The number of nitriles is 1. The number of hydrogen-bond acceptors (Lipinski definition) is 5. The van der Waals surface area contributed by atoms with E-state index in [1.54, 1.807) is 11.1 Å². The largest absolute Gasteiger partial charge is 0.368 e. The molecule has 1 saturated heterocycles. The summed E-state index contributed by atoms with van der Waals surface area (Å²) in [4.78, 5) is 19.1. The summed E-state index contributed by atoms with van der Waals surface area (Å²) in [6.07, 6.45) is 4.49. The van der Waals surface area contributed by atoms with Crippen LogP contribution in [0.15, 0.2) is 18.5 Å². The number of rotatable bonds is 3. The first kappa shape index (κ1) is 15.3. The van der Waals surface area contributed by atoms with Crippen molar-refractivity contribution in [2.75, 3.05) is 25.0 Å². The molecular weight excluding hydrogens is 292 g/mol. The summed E-state index contributed by atoms with van der Waals surface area (Å²) in [5.41, 5.74) is 1.76. The summed E-state index contributed by atoms with van der Waals surface area (Å²) < 4.78 is 0. The van der Waals surface area contributed by atoms with Crippen LogP contribution >= 0.6 is 0 Å². The molecule has 2 atom stereocenters. The molecule has 1 aliphatic rings. The van der Waals surface area contributed by atoms with E-state index in [1.165, 1.54) is 0 Å². The molecule has 3 heterocycles. The number of H-pyrrole nitrogens is 1. The highest BCUT2D eigenvalue weighted by Gasteiger charge is 2.32. The molecule has 2 aromatic rings. The second kappa shape index (κ2) is 6.24. The number of nitrogens with one attached hydrogen (secondary N) is 1. The van der Waals surface area contributed by atoms with Crippen LogP contribution in [0, 0.1) is 17.2 Å². The minimum Gasteiger partial charge on any atom is -0.368 e. The molecule has 0 unspecified atom stereocenters. The van der Waals surface area contributed by atoms with Gasteiger partial charge in [0.1, 0.15) is 6.42 Å². The summed E-state index contributed by atoms with van der Waals surface area (Å²) >= 11 is 0. The smallest absolute Gasteiger partial charge is 0.236 e. The standard InChI is InChI=1S/C16H20N6O/c1-11-5-8-22(15(23)3-6-17)10-14(11)21(2)13-9-19-20-16-12(13)4-7-18-16/h4,7,9,11,14H,3,5,8,10H2,1-2H3,(H,18,20)/t11-,14+/m1/s1. The quantitative estimate of drug-likeness (QED) is 0.928. The van der Waals surface area contributed by atoms with Crippen LogP contribution in [0.5, 0.6) is 0 Å². The van der Waals surface area contributed by atoms with Gasteiger partial charge >= 0.3 is 0 Å². The number of carbonyl (C=O) groups is 1. The number of carbonyl (C=O) groups excluding carboxylic acids is 1. The SMILES string of the molecule is C[C@@H]1CCN(C(=O)CC#N)C[C@@H]1N(C)c1cnnc2[nH]ccc12. The Morgan fingerprint density at radius 3 is 3.22 bits per heavy atom. The fraction of sp³-hybridized carbons (Fsp3) is 0.500. The second-order valence-corrected chi connectivity index (χ2v) is 6.09. The zero-order valence-electron chi connectivity index (χ0n) is 13.4. The van der Waals surface area contributed by atoms with Crippen LogP contribution in [0.1, 0.15) is 19.8 Å². The Hall–Kier alpha value is -2.62. The van der Waals surface area contributed by atoms with Gasteiger partial charge in [-0.1, -0.05) is 6.92 Å². The lowest BCUT2D eigenvalue weighted by Crippen LogP contribution is -2.52. The number of aromatic nitrogens is 3. The van der Waals surface area contributed by atoms with Crippen molar-refractivity contribution in [3.63, 3.8) is 0 Å². The van der Waals surface area contributed by atoms with Crippen molar-refractivity contribution in [1.29, 1.82) is 5.26 Å². The van der Waals surface area contributed by atoms with Crippen LogP contribution in [-0.2, 0) is 4.79 Å². The summed E-state index contributed by atoms with van der Waals surface area (Å²) in [7, 11) is 2.03. The predicted octanol–water partition coefficient (Wildman–Crippen LogP) is 1.54. The predicted molar refractivity (Wildman–Crippen MR) is 86.7 cm³/mol. The van der Waals surface area contributed by atoms with Crippen LogP contribution in [0.4, 0.5) is 5.69 Å². The van der Waals surface area contributed by atoms with Gasteiger partial charge in [-0.25, -0.2) is 0 Å². The fourth-order valence-corrected chi connectivity index (χ4v) is 3.28. The van der Waals surface area contributed by atoms with E-state index in [1.807, 2.05) is 25.4 Å². The molecule has 120 valence electrons. The maximum atomic E-state index is 12.0. The average molecular weight is 312 g/mol. The van der Waals surface area contributed by atoms with E-state index in [0.717, 1.165) is 29.7 Å². The molecule has 7 heteroatoms. The normalized spacial score (nSPS) is 21.2. The molecule has 2 aromatic heterocycles. The molecule has 1 aliphatic heterocycles. The molecule has 1 amide bonds. The molecule has 0 aromatic carbocycles. The molecule has 1 N–H and O–H groups in total. The molecule has 0 bridgehead atoms. The lowest BCUT2D eigenvalue weighted by Gasteiger charge is -2.42. The van der Waals surface area contributed by atoms with Gasteiger partial charge in [0.15, 0.2) is 5.65 Å². The lowest BCUT2D eigenvalue weighted by molar-refractivity contribution is -0.131. The Labute approximate surface area is 134 Å². The highest BCUT2D eigenvalue weighted by Crippen LogP contribution is 2.29. The van der Waals surface area contributed by atoms with Gasteiger partial charge in [-0.2, -0.15) is 10.4 Å². The van der Waals surface area contributed by atoms with Gasteiger partial charge in [-0.05, 0) is 18.4 Å². The van der Waals surface area contributed by atoms with E-state index in [0.29, 0.717) is 12.5 Å². The highest BCUT2D eigenvalue weighted by molar-refractivity contribution is 5.89. The molecule has 0 aliphatic carbocycles. The van der Waals surface area contributed by atoms with Crippen LogP contribution < -0.4 is 4.90 Å². The zero-order chi connectivity index (χ0) is 16.4. The van der Waals surface area contributed by atoms with E-state index < -0.39 is 0 Å². The van der Waals surface area contributed by atoms with Gasteiger partial charge in [0.25, 0.3) is 0 Å². The molecule has 3 rings (SSSR count). The van der Waals surface area contributed by atoms with Crippen LogP contribution in [0.3, 0.4) is 0 Å². The topological polar surface area (TPSA) is 88.9 Å². The van der Waals surface area contributed by atoms with Gasteiger partial charge in [0.05, 0.1) is 18.0 Å². The summed E-state index contributed by atoms with van der Waals surface area (Å²) in [6.45, 7) is 3.56. The average Bonchev–Trinajstić information content (AvgIpc) is 3.03. The van der Waals surface area contributed by atoms with Gasteiger partial charge < -0.3 is 14.8 Å². The first-order valence-electron chi connectivity index (χ1n) is 7.78. The number of nitrogens with zero attached hydrogens (tertiary/aromatic N) is 5. The third kappa shape index (κ3) is 2.84. The van der Waals surface area contributed by atoms with Gasteiger partial charge in [0, 0.05) is 37.8 Å². The summed E-state index contributed by atoms with van der Waals surface area (Å²) in [5.74, 6) is 0.366. The number of likely N-dealkylation sites (tertiary alicyclic amines) is 1. The molecule has 7 nitrogen and oxygen atoms in total. The van der Waals surface area contributed by atoms with Crippen LogP contribution in [-0.4, -0.2) is 52.2 Å². The second-order valence-electron chi connectivity index (χ2n) is 6.09. The van der Waals surface area contributed by atoms with Crippen molar-refractivity contribution in [3.05, 3.63) is 18.5 Å². The van der Waals surface area contributed by atoms with E-state index in [9.17, 15) is 4.79 Å². The van der Waals surface area contributed by atoms with E-state index in [2.05, 4.69) is 27.0 Å². The minimum absolute atomic E-state index is 0.0519. The van der Waals surface area contributed by atoms with Gasteiger partial charge in [0.2, 0.25) is 5.91 Å². The van der Waals surface area contributed by atoms with E-state index in [4.69, 9.17) is 5.26 Å². The maximum Gasteiger partial charge on any atom is 0.236 e. The number of likely N-dealkylation sites (N-methyl/N-ethyl adjacent to an activating group) is 1. The van der Waals surface area contributed by atoms with Crippen molar-refractivity contribution in [2.45, 2.75) is 25.8 Å². The molecule has 23 heavy (non-hydrogen) atoms. The first-order chi connectivity index (χ1) is 11.1. The maximum absolute atomic E-state index is 12.0. The number of aromatic amines is 1. The fourth-order valence-electron chi connectivity index (χ4n) is 3.28. The number of anilines is 1. The van der Waals surface area contributed by atoms with Crippen LogP contribution in [0.25, 0.3) is 11.0 Å². The zero-order valence-corrected chi connectivity index (χ0v) is 13.4. The number of hydrogen-bond donors (Lipinski definition) is 1. The van der Waals surface area contributed by atoms with Crippen molar-refractivity contribution >= 4 is 22.6 Å². The summed E-state index contributed by atoms with van der Waals surface area (Å²) in [6, 6.07) is 4.12. The van der Waals surface area contributed by atoms with Gasteiger partial charge in [-0.3, -0.25) is 4.79 Å². The number of fused-ring (bicyclic) bond motifs is 1. The van der Waals surface area contributed by atoms with Crippen molar-refractivity contribution in [3.8, 4) is 6.07 Å². The molecule has 0 radical (unpaired) electrons. The Balaban J connectivity index is 1.85. The van der Waals surface area contributed by atoms with E-state index >= 15 is 0 Å². The number of amides is 1. The Bertz CT molecular complexity index is 748. The Morgan fingerprint density at radius 2 is 2.43 bits per heavy atom. The van der Waals surface area contributed by atoms with Crippen molar-refractivity contribution < 1.29 is 4.79 Å². The molecular formula is C16H20N6O. The molecule has 1 fully saturated rings. The van der Waals surface area contributed by atoms with E-state index in [-0.39, 0.29) is 18.4 Å². The van der Waals surface area contributed by atoms with Crippen molar-refractivity contribution in [1.82, 2.24) is 20.1 Å². The minimum atomic E-state index is -0.0857. The highest BCUT2D eigenvalue weighted by atomic mass is 16.2. The summed E-state index contributed by atoms with van der Waals surface area (Å²) in [5, 5.41) is 17.9. The third-order valence-electron chi connectivity index (χ3n) is 4.72. The Kier molecular flexibility index (Phi) is 4.15. The number of piperidine rings is 1. The third-order valence-corrected chi connectivity index (χ3v) is 4.72. The first-order valence-corrected chi connectivity index (χ1v) is 7.78. The van der Waals surface area contributed by atoms with Crippen LogP contribution in [0.2, 0.25) is 0 Å². The van der Waals surface area contributed by atoms with Gasteiger partial charge in [-0.15, -0.1) is 5.10 Å². The molecule has 0 spiro atoms. The lowest BCUT2D eigenvalue weighted by atomic mass is 9.91.